The molecular weight excluding hydrogens is 568 g/mol. The molecule has 0 bridgehead atoms. The van der Waals surface area contributed by atoms with Crippen molar-refractivity contribution in [1.29, 1.82) is 0 Å². The van der Waals surface area contributed by atoms with Crippen LogP contribution in [0.15, 0.2) is 133 Å². The average molecular weight is 609 g/mol. The lowest BCUT2D eigenvalue weighted by atomic mass is 9.90. The van der Waals surface area contributed by atoms with Crippen LogP contribution in [-0.2, 0) is 59.6 Å². The topological polar surface area (TPSA) is 72.5 Å². The molecule has 45 heavy (non-hydrogen) atoms. The number of hydrogen-bond donors (Lipinski definition) is 0. The van der Waals surface area contributed by atoms with Gasteiger partial charge in [0.25, 0.3) is 0 Å². The minimum absolute atomic E-state index is 0.137. The Morgan fingerprint density at radius 3 is 1.44 bits per heavy atom. The van der Waals surface area contributed by atoms with Crippen LogP contribution in [0.5, 0.6) is 0 Å². The van der Waals surface area contributed by atoms with Crippen molar-refractivity contribution >= 4 is 5.97 Å². The van der Waals surface area contributed by atoms with Crippen LogP contribution in [-0.4, -0.2) is 50.2 Å². The average Bonchev–Trinajstić information content (AvgIpc) is 3.10. The van der Waals surface area contributed by atoms with Crippen LogP contribution >= 0.6 is 0 Å². The molecule has 1 aliphatic rings. The lowest BCUT2D eigenvalue weighted by Crippen LogP contribution is -2.62. The third kappa shape index (κ3) is 9.20. The molecule has 0 radical (unpaired) electrons. The van der Waals surface area contributed by atoms with E-state index in [-0.39, 0.29) is 18.8 Å². The van der Waals surface area contributed by atoms with Gasteiger partial charge in [-0.1, -0.05) is 128 Å². The summed E-state index contributed by atoms with van der Waals surface area (Å²) in [6.45, 7) is 5.54. The molecule has 1 aliphatic heterocycles. The molecule has 5 rings (SSSR count). The molecule has 5 atom stereocenters. The number of carbonyl (C=O) groups excluding carboxylic acids is 1. The normalized spacial score (nSPS) is 21.2. The zero-order valence-corrected chi connectivity index (χ0v) is 25.5. The van der Waals surface area contributed by atoms with Gasteiger partial charge in [0.1, 0.15) is 30.5 Å². The fourth-order valence-corrected chi connectivity index (χ4v) is 5.32. The number of benzene rings is 4. The molecule has 7 heteroatoms. The first kappa shape index (κ1) is 32.3. The highest BCUT2D eigenvalue weighted by Gasteiger charge is 2.50. The van der Waals surface area contributed by atoms with Crippen molar-refractivity contribution in [3.63, 3.8) is 0 Å². The van der Waals surface area contributed by atoms with Gasteiger partial charge in [-0.05, 0) is 22.3 Å². The number of hydrogen-bond acceptors (Lipinski definition) is 7. The lowest BCUT2D eigenvalue weighted by molar-refractivity contribution is -0.265. The number of carbonyl (C=O) groups is 1. The second-order valence-corrected chi connectivity index (χ2v) is 10.9. The maximum absolute atomic E-state index is 12.9. The fraction of sp³-hybridized carbons (Fsp3) is 0.289. The first-order valence-corrected chi connectivity index (χ1v) is 15.1. The molecule has 4 aromatic rings. The Balaban J connectivity index is 1.47. The largest absolute Gasteiger partial charge is 0.466 e. The van der Waals surface area contributed by atoms with Gasteiger partial charge in [-0.2, -0.15) is 0 Å². The van der Waals surface area contributed by atoms with E-state index >= 15 is 0 Å². The van der Waals surface area contributed by atoms with Crippen molar-refractivity contribution in [3.05, 3.63) is 156 Å². The van der Waals surface area contributed by atoms with Gasteiger partial charge in [0.15, 0.2) is 0 Å². The van der Waals surface area contributed by atoms with Crippen LogP contribution in [0.1, 0.15) is 22.3 Å². The Hall–Kier alpha value is -4.11. The van der Waals surface area contributed by atoms with Gasteiger partial charge in [0.2, 0.25) is 0 Å². The summed E-state index contributed by atoms with van der Waals surface area (Å²) >= 11 is 0. The molecular formula is C38H40O7. The van der Waals surface area contributed by atoms with Crippen LogP contribution in [0, 0.1) is 0 Å². The van der Waals surface area contributed by atoms with E-state index in [0.29, 0.717) is 19.8 Å². The molecule has 0 aliphatic carbocycles. The summed E-state index contributed by atoms with van der Waals surface area (Å²) in [5, 5.41) is 0. The summed E-state index contributed by atoms with van der Waals surface area (Å²) in [5.41, 5.74) is 4.14. The highest BCUT2D eigenvalue weighted by atomic mass is 16.6. The number of rotatable bonds is 15. The summed E-state index contributed by atoms with van der Waals surface area (Å²) in [6.07, 6.45) is -3.48. The van der Waals surface area contributed by atoms with Crippen LogP contribution in [0.4, 0.5) is 0 Å². The predicted octanol–water partition coefficient (Wildman–Crippen LogP) is 6.46. The second-order valence-electron chi connectivity index (χ2n) is 10.9. The van der Waals surface area contributed by atoms with Gasteiger partial charge in [0.05, 0.1) is 45.7 Å². The van der Waals surface area contributed by atoms with E-state index in [4.69, 9.17) is 28.4 Å². The first-order chi connectivity index (χ1) is 22.1. The fourth-order valence-electron chi connectivity index (χ4n) is 5.32. The SMILES string of the molecule is C=C(C(=O)OC)[C@H]1O[C@H](COCc2ccccc2)[C@@H](OCc2ccccc2)[C@H](OCc2ccccc2)[C@@H]1OCc1ccccc1. The van der Waals surface area contributed by atoms with Gasteiger partial charge in [-0.25, -0.2) is 4.79 Å². The molecule has 0 saturated carbocycles. The zero-order valence-electron chi connectivity index (χ0n) is 25.5. The highest BCUT2D eigenvalue weighted by molar-refractivity contribution is 5.89. The molecule has 1 heterocycles. The van der Waals surface area contributed by atoms with E-state index in [1.807, 2.05) is 121 Å². The molecule has 1 fully saturated rings. The van der Waals surface area contributed by atoms with Crippen molar-refractivity contribution in [2.75, 3.05) is 13.7 Å². The minimum Gasteiger partial charge on any atom is -0.466 e. The summed E-state index contributed by atoms with van der Waals surface area (Å²) in [6, 6.07) is 39.6. The quantitative estimate of drug-likeness (QED) is 0.113. The molecule has 7 nitrogen and oxygen atoms in total. The van der Waals surface area contributed by atoms with Crippen molar-refractivity contribution in [1.82, 2.24) is 0 Å². The molecule has 0 N–H and O–H groups in total. The van der Waals surface area contributed by atoms with Gasteiger partial charge >= 0.3 is 5.97 Å². The van der Waals surface area contributed by atoms with E-state index in [0.717, 1.165) is 22.3 Å². The molecule has 4 aromatic carbocycles. The Bertz CT molecular complexity index is 1450. The monoisotopic (exact) mass is 608 g/mol. The van der Waals surface area contributed by atoms with Crippen molar-refractivity contribution in [2.45, 2.75) is 56.9 Å². The van der Waals surface area contributed by atoms with E-state index in [1.54, 1.807) is 0 Å². The Morgan fingerprint density at radius 1 is 0.600 bits per heavy atom. The minimum atomic E-state index is -0.871. The van der Waals surface area contributed by atoms with Crippen LogP contribution in [0.2, 0.25) is 0 Å². The van der Waals surface area contributed by atoms with Gasteiger partial charge in [-0.15, -0.1) is 0 Å². The zero-order chi connectivity index (χ0) is 31.3. The van der Waals surface area contributed by atoms with E-state index in [1.165, 1.54) is 7.11 Å². The van der Waals surface area contributed by atoms with Crippen LogP contribution in [0.3, 0.4) is 0 Å². The van der Waals surface area contributed by atoms with Gasteiger partial charge in [0, 0.05) is 0 Å². The first-order valence-electron chi connectivity index (χ1n) is 15.1. The highest BCUT2D eigenvalue weighted by Crippen LogP contribution is 2.34. The summed E-state index contributed by atoms with van der Waals surface area (Å²) in [5.74, 6) is -0.581. The standard InChI is InChI=1S/C38H40O7/c1-28(38(39)40-2)34-36(43-25-31-19-11-5-12-20-31)37(44-26-32-21-13-6-14-22-32)35(42-24-30-17-9-4-10-18-30)33(45-34)27-41-23-29-15-7-3-8-16-29/h3-22,33-37H,1,23-27H2,2H3/t33-,34-,35-,36-,37+/m1/s1. The van der Waals surface area contributed by atoms with Crippen LogP contribution < -0.4 is 0 Å². The molecule has 0 spiro atoms. The molecule has 1 saturated heterocycles. The van der Waals surface area contributed by atoms with Crippen molar-refractivity contribution in [2.24, 2.45) is 0 Å². The summed E-state index contributed by atoms with van der Waals surface area (Å²) in [7, 11) is 1.33. The van der Waals surface area contributed by atoms with Gasteiger partial charge < -0.3 is 28.4 Å². The summed E-state index contributed by atoms with van der Waals surface area (Å²) < 4.78 is 37.8. The Labute approximate surface area is 265 Å². The molecule has 0 aromatic heterocycles. The summed E-state index contributed by atoms with van der Waals surface area (Å²) in [4.78, 5) is 12.9. The third-order valence-electron chi connectivity index (χ3n) is 7.67. The number of esters is 1. The van der Waals surface area contributed by atoms with Gasteiger partial charge in [-0.3, -0.25) is 0 Å². The van der Waals surface area contributed by atoms with E-state index in [9.17, 15) is 4.79 Å². The van der Waals surface area contributed by atoms with E-state index < -0.39 is 36.5 Å². The molecule has 234 valence electrons. The smallest absolute Gasteiger partial charge is 0.335 e. The number of ether oxygens (including phenoxy) is 6. The Kier molecular flexibility index (Phi) is 12.1. The maximum atomic E-state index is 12.9. The molecule has 0 unspecified atom stereocenters. The van der Waals surface area contributed by atoms with E-state index in [2.05, 4.69) is 6.58 Å². The lowest BCUT2D eigenvalue weighted by Gasteiger charge is -2.46. The molecule has 0 amide bonds. The maximum Gasteiger partial charge on any atom is 0.335 e. The van der Waals surface area contributed by atoms with Crippen LogP contribution in [0.25, 0.3) is 0 Å². The van der Waals surface area contributed by atoms with Crippen molar-refractivity contribution < 1.29 is 33.2 Å². The predicted molar refractivity (Wildman–Crippen MR) is 171 cm³/mol. The second kappa shape index (κ2) is 16.8. The third-order valence-corrected chi connectivity index (χ3v) is 7.67. The Morgan fingerprint density at radius 2 is 1.00 bits per heavy atom. The van der Waals surface area contributed by atoms with Crippen molar-refractivity contribution in [3.8, 4) is 0 Å². The number of methoxy groups -OCH3 is 1.